The van der Waals surface area contributed by atoms with E-state index in [2.05, 4.69) is 11.8 Å². The monoisotopic (exact) mass is 446 g/mol. The molecule has 0 spiro atoms. The van der Waals surface area contributed by atoms with Gasteiger partial charge in [-0.1, -0.05) is 11.8 Å². The molecule has 0 atom stereocenters. The molecule has 0 saturated heterocycles. The molecule has 0 aliphatic rings. The fraction of sp³-hybridized carbons (Fsp3) is 0.375. The summed E-state index contributed by atoms with van der Waals surface area (Å²) in [4.78, 5) is 0. The fourth-order valence-corrected chi connectivity index (χ4v) is 2.80. The Labute approximate surface area is 209 Å². The van der Waals surface area contributed by atoms with Crippen LogP contribution in [-0.4, -0.2) is 50.7 Å². The minimum absolute atomic E-state index is 0. The van der Waals surface area contributed by atoms with Crippen LogP contribution in [0.15, 0.2) is 12.1 Å². The van der Waals surface area contributed by atoms with Crippen LogP contribution in [-0.2, 0) is 20.2 Å². The Morgan fingerprint density at radius 2 is 1.11 bits per heavy atom. The molecule has 142 valence electrons. The third-order valence-electron chi connectivity index (χ3n) is 2.99. The maximum atomic E-state index is 10.6. The predicted molar refractivity (Wildman–Crippen MR) is 91.7 cm³/mol. The fourth-order valence-electron chi connectivity index (χ4n) is 1.86. The van der Waals surface area contributed by atoms with E-state index in [9.17, 15) is 25.9 Å². The van der Waals surface area contributed by atoms with Crippen LogP contribution >= 0.6 is 0 Å². The molecule has 0 aliphatic carbocycles. The average molecular weight is 446 g/mol. The second-order valence-electron chi connectivity index (χ2n) is 5.06. The van der Waals surface area contributed by atoms with E-state index < -0.39 is 31.7 Å². The average Bonchev–Trinajstić information content (AvgIpc) is 2.53. The smallest absolute Gasteiger partial charge is 0.748 e. The molecule has 12 heteroatoms. The molecule has 0 N–H and O–H groups in total. The Kier molecular flexibility index (Phi) is 14.9. The molecule has 0 fully saturated rings. The molecule has 1 rings (SSSR count). The van der Waals surface area contributed by atoms with Gasteiger partial charge in [0.25, 0.3) is 0 Å². The predicted octanol–water partition coefficient (Wildman–Crippen LogP) is -5.71. The van der Waals surface area contributed by atoms with Crippen molar-refractivity contribution in [2.24, 2.45) is 0 Å². The maximum absolute atomic E-state index is 10.6. The third kappa shape index (κ3) is 12.3. The van der Waals surface area contributed by atoms with Gasteiger partial charge in [-0.15, -0.1) is 12.8 Å². The van der Waals surface area contributed by atoms with Crippen molar-refractivity contribution in [3.63, 3.8) is 0 Å². The van der Waals surface area contributed by atoms with Gasteiger partial charge in [-0.2, -0.15) is 0 Å². The first-order valence-electron chi connectivity index (χ1n) is 7.29. The van der Waals surface area contributed by atoms with Crippen LogP contribution in [0.3, 0.4) is 0 Å². The Balaban J connectivity index is 0. The van der Waals surface area contributed by atoms with Crippen molar-refractivity contribution in [2.75, 3.05) is 24.7 Å². The van der Waals surface area contributed by atoms with Gasteiger partial charge in [-0.3, -0.25) is 0 Å². The third-order valence-corrected chi connectivity index (χ3v) is 4.56. The van der Waals surface area contributed by atoms with Crippen molar-refractivity contribution in [2.45, 2.75) is 12.8 Å². The summed E-state index contributed by atoms with van der Waals surface area (Å²) in [6, 6.07) is 2.83. The van der Waals surface area contributed by atoms with E-state index in [0.29, 0.717) is 0 Å². The van der Waals surface area contributed by atoms with E-state index in [0.717, 1.165) is 0 Å². The summed E-state index contributed by atoms with van der Waals surface area (Å²) in [5.41, 5.74) is 0.556. The molecule has 0 radical (unpaired) electrons. The van der Waals surface area contributed by atoms with E-state index in [4.69, 9.17) is 22.3 Å². The first kappa shape index (κ1) is 30.0. The van der Waals surface area contributed by atoms with Gasteiger partial charge in [0.1, 0.15) is 11.5 Å². The number of benzene rings is 1. The van der Waals surface area contributed by atoms with Crippen LogP contribution < -0.4 is 68.6 Å². The molecule has 28 heavy (non-hydrogen) atoms. The molecule has 1 aromatic carbocycles. The summed E-state index contributed by atoms with van der Waals surface area (Å²) in [5.74, 6) is 4.03. The topological polar surface area (TPSA) is 133 Å². The van der Waals surface area contributed by atoms with Crippen molar-refractivity contribution in [3.8, 4) is 36.2 Å². The van der Waals surface area contributed by atoms with Crippen LogP contribution in [0.1, 0.15) is 24.0 Å². The van der Waals surface area contributed by atoms with Crippen LogP contribution in [0.2, 0.25) is 0 Å². The van der Waals surface area contributed by atoms with Gasteiger partial charge in [0.2, 0.25) is 0 Å². The zero-order valence-corrected chi connectivity index (χ0v) is 21.3. The van der Waals surface area contributed by atoms with Crippen molar-refractivity contribution in [3.05, 3.63) is 23.3 Å². The minimum atomic E-state index is -4.32. The Morgan fingerprint density at radius 1 is 0.786 bits per heavy atom. The molecule has 1 aromatic rings. The second kappa shape index (κ2) is 13.9. The summed E-state index contributed by atoms with van der Waals surface area (Å²) in [5, 5.41) is 0. The Hall–Kier alpha value is -0.240. The summed E-state index contributed by atoms with van der Waals surface area (Å²) >= 11 is 0. The SMILES string of the molecule is C#Cc1cc(OCCCS(=O)(=O)[O-])c(C#C)cc1OCCCS(=O)(=O)[O-].[Na+].[Na+]. The molecule has 0 heterocycles. The Bertz CT molecular complexity index is 851. The number of terminal acetylenes is 2. The van der Waals surface area contributed by atoms with Crippen LogP contribution in [0.25, 0.3) is 0 Å². The van der Waals surface area contributed by atoms with E-state index in [1.165, 1.54) is 12.1 Å². The van der Waals surface area contributed by atoms with E-state index in [-0.39, 0.29) is 108 Å². The zero-order valence-electron chi connectivity index (χ0n) is 15.6. The van der Waals surface area contributed by atoms with Gasteiger partial charge in [0.15, 0.2) is 0 Å². The van der Waals surface area contributed by atoms with E-state index >= 15 is 0 Å². The molecule has 8 nitrogen and oxygen atoms in total. The van der Waals surface area contributed by atoms with Crippen molar-refractivity contribution in [1.82, 2.24) is 0 Å². The number of rotatable bonds is 10. The standard InChI is InChI=1S/C16H18O8S2.2Na/c1-3-13-11-16(24-8-6-10-26(20,21)22)14(4-2)12-15(13)23-7-5-9-25(17,18)19;;/h1-2,11-12H,5-10H2,(H,17,18,19)(H,20,21,22);;/q;2*+1/p-2. The van der Waals surface area contributed by atoms with Crippen molar-refractivity contribution in [1.29, 1.82) is 0 Å². The maximum Gasteiger partial charge on any atom is 1.00 e. The van der Waals surface area contributed by atoms with Crippen LogP contribution in [0, 0.1) is 24.7 Å². The quantitative estimate of drug-likeness (QED) is 0.150. The van der Waals surface area contributed by atoms with Crippen molar-refractivity contribution < 1.29 is 94.5 Å². The van der Waals surface area contributed by atoms with Gasteiger partial charge in [-0.05, 0) is 12.8 Å². The molecule has 0 bridgehead atoms. The molecule has 0 amide bonds. The summed E-state index contributed by atoms with van der Waals surface area (Å²) in [6.07, 6.45) is 10.8. The second-order valence-corrected chi connectivity index (χ2v) is 8.11. The summed E-state index contributed by atoms with van der Waals surface area (Å²) < 4.78 is 74.1. The van der Waals surface area contributed by atoms with Gasteiger partial charge >= 0.3 is 59.1 Å². The minimum Gasteiger partial charge on any atom is -0.748 e. The molecule has 0 aromatic heterocycles. The number of hydrogen-bond donors (Lipinski definition) is 0. The molecular formula is C16H16Na2O8S2. The largest absolute Gasteiger partial charge is 1.00 e. The molecular weight excluding hydrogens is 430 g/mol. The van der Waals surface area contributed by atoms with Gasteiger partial charge in [0, 0.05) is 23.6 Å². The van der Waals surface area contributed by atoms with Crippen LogP contribution in [0.5, 0.6) is 11.5 Å². The first-order valence-corrected chi connectivity index (χ1v) is 10.4. The molecule has 0 aliphatic heterocycles. The van der Waals surface area contributed by atoms with E-state index in [1.807, 2.05) is 0 Å². The normalized spacial score (nSPS) is 10.6. The van der Waals surface area contributed by atoms with E-state index in [1.54, 1.807) is 0 Å². The Morgan fingerprint density at radius 3 is 1.36 bits per heavy atom. The number of hydrogen-bond acceptors (Lipinski definition) is 8. The van der Waals surface area contributed by atoms with Crippen LogP contribution in [0.4, 0.5) is 0 Å². The molecule has 0 saturated carbocycles. The zero-order chi connectivity index (χ0) is 19.8. The summed E-state index contributed by atoms with van der Waals surface area (Å²) in [7, 11) is -8.65. The summed E-state index contributed by atoms with van der Waals surface area (Å²) in [6.45, 7) is -0.108. The van der Waals surface area contributed by atoms with Gasteiger partial charge in [0.05, 0.1) is 44.6 Å². The molecule has 0 unspecified atom stereocenters. The van der Waals surface area contributed by atoms with Gasteiger partial charge in [-0.25, -0.2) is 16.8 Å². The van der Waals surface area contributed by atoms with Crippen molar-refractivity contribution >= 4 is 20.2 Å². The van der Waals surface area contributed by atoms with Gasteiger partial charge < -0.3 is 18.6 Å². The number of ether oxygens (including phenoxy) is 2. The first-order chi connectivity index (χ1) is 12.1.